The zero-order chi connectivity index (χ0) is 16.8. The largest absolute Gasteiger partial charge is 0.494 e. The lowest BCUT2D eigenvalue weighted by Crippen LogP contribution is -2.38. The summed E-state index contributed by atoms with van der Waals surface area (Å²) in [5.74, 6) is 0.490. The second kappa shape index (κ2) is 7.99. The van der Waals surface area contributed by atoms with Gasteiger partial charge >= 0.3 is 0 Å². The van der Waals surface area contributed by atoms with Crippen molar-refractivity contribution in [2.45, 2.75) is 46.1 Å². The summed E-state index contributed by atoms with van der Waals surface area (Å²) >= 11 is 0. The van der Waals surface area contributed by atoms with Crippen molar-refractivity contribution in [1.82, 2.24) is 5.32 Å². The van der Waals surface area contributed by atoms with Crippen LogP contribution in [0.4, 0.5) is 5.69 Å². The molecule has 1 saturated heterocycles. The standard InChI is InChI=1S/C18H26N2O3/c1-4-6-13(3)19-18(22)14-11-17(21)20(12-14)15-7-9-16(10-8-15)23-5-2/h7-10,13-14H,4-6,11-12H2,1-3H3,(H,19,22). The summed E-state index contributed by atoms with van der Waals surface area (Å²) in [7, 11) is 0. The normalized spacial score (nSPS) is 18.8. The highest BCUT2D eigenvalue weighted by Gasteiger charge is 2.35. The van der Waals surface area contributed by atoms with E-state index in [1.165, 1.54) is 0 Å². The smallest absolute Gasteiger partial charge is 0.227 e. The molecule has 0 radical (unpaired) electrons. The molecule has 1 N–H and O–H groups in total. The Balaban J connectivity index is 1.97. The maximum atomic E-state index is 12.3. The van der Waals surface area contributed by atoms with E-state index in [-0.39, 0.29) is 30.2 Å². The Bertz CT molecular complexity index is 542. The number of hydrogen-bond acceptors (Lipinski definition) is 3. The van der Waals surface area contributed by atoms with Gasteiger partial charge in [-0.15, -0.1) is 0 Å². The number of rotatable bonds is 7. The molecule has 1 fully saturated rings. The van der Waals surface area contributed by atoms with E-state index in [1.54, 1.807) is 4.90 Å². The van der Waals surface area contributed by atoms with Gasteiger partial charge in [0.05, 0.1) is 12.5 Å². The second-order valence-electron chi connectivity index (χ2n) is 6.03. The zero-order valence-corrected chi connectivity index (χ0v) is 14.2. The highest BCUT2D eigenvalue weighted by molar-refractivity contribution is 6.00. The minimum absolute atomic E-state index is 0.00236. The monoisotopic (exact) mass is 318 g/mol. The Labute approximate surface area is 138 Å². The lowest BCUT2D eigenvalue weighted by Gasteiger charge is -2.18. The summed E-state index contributed by atoms with van der Waals surface area (Å²) in [6.07, 6.45) is 2.26. The molecule has 1 aliphatic heterocycles. The van der Waals surface area contributed by atoms with Crippen LogP contribution in [-0.4, -0.2) is 31.0 Å². The third kappa shape index (κ3) is 4.47. The molecule has 0 spiro atoms. The number of hydrogen-bond donors (Lipinski definition) is 1. The van der Waals surface area contributed by atoms with Crippen molar-refractivity contribution in [2.24, 2.45) is 5.92 Å². The van der Waals surface area contributed by atoms with Crippen LogP contribution in [0.25, 0.3) is 0 Å². The molecule has 0 saturated carbocycles. The lowest BCUT2D eigenvalue weighted by atomic mass is 10.1. The van der Waals surface area contributed by atoms with Crippen molar-refractivity contribution in [3.63, 3.8) is 0 Å². The summed E-state index contributed by atoms with van der Waals surface area (Å²) in [6.45, 7) is 7.08. The van der Waals surface area contributed by atoms with Crippen molar-refractivity contribution in [2.75, 3.05) is 18.1 Å². The molecule has 5 heteroatoms. The molecule has 5 nitrogen and oxygen atoms in total. The minimum Gasteiger partial charge on any atom is -0.494 e. The van der Waals surface area contributed by atoms with Gasteiger partial charge in [-0.25, -0.2) is 0 Å². The van der Waals surface area contributed by atoms with Gasteiger partial charge in [-0.2, -0.15) is 0 Å². The summed E-state index contributed by atoms with van der Waals surface area (Å²) in [5, 5.41) is 3.00. The summed E-state index contributed by atoms with van der Waals surface area (Å²) in [6, 6.07) is 7.58. The van der Waals surface area contributed by atoms with Crippen molar-refractivity contribution < 1.29 is 14.3 Å². The van der Waals surface area contributed by atoms with Crippen molar-refractivity contribution in [3.8, 4) is 5.75 Å². The molecule has 0 aliphatic carbocycles. The highest BCUT2D eigenvalue weighted by Crippen LogP contribution is 2.27. The topological polar surface area (TPSA) is 58.6 Å². The van der Waals surface area contributed by atoms with E-state index >= 15 is 0 Å². The van der Waals surface area contributed by atoms with Gasteiger partial charge in [-0.05, 0) is 44.5 Å². The Hall–Kier alpha value is -2.04. The molecule has 0 bridgehead atoms. The molecule has 126 valence electrons. The average Bonchev–Trinajstić information content (AvgIpc) is 2.91. The van der Waals surface area contributed by atoms with Crippen LogP contribution in [0.3, 0.4) is 0 Å². The molecule has 2 amide bonds. The Morgan fingerprint density at radius 1 is 1.35 bits per heavy atom. The number of ether oxygens (including phenoxy) is 1. The van der Waals surface area contributed by atoms with E-state index in [0.717, 1.165) is 24.3 Å². The van der Waals surface area contributed by atoms with Crippen LogP contribution in [0.1, 0.15) is 40.0 Å². The summed E-state index contributed by atoms with van der Waals surface area (Å²) < 4.78 is 5.41. The van der Waals surface area contributed by atoms with E-state index in [1.807, 2.05) is 38.1 Å². The Morgan fingerprint density at radius 3 is 2.65 bits per heavy atom. The van der Waals surface area contributed by atoms with E-state index in [4.69, 9.17) is 4.74 Å². The second-order valence-corrected chi connectivity index (χ2v) is 6.03. The molecule has 1 aliphatic rings. The van der Waals surface area contributed by atoms with Gasteiger partial charge in [0.25, 0.3) is 0 Å². The Morgan fingerprint density at radius 2 is 2.04 bits per heavy atom. The van der Waals surface area contributed by atoms with Gasteiger partial charge in [0.1, 0.15) is 5.75 Å². The van der Waals surface area contributed by atoms with Crippen molar-refractivity contribution >= 4 is 17.5 Å². The van der Waals surface area contributed by atoms with E-state index < -0.39 is 0 Å². The van der Waals surface area contributed by atoms with Crippen LogP contribution in [0, 0.1) is 5.92 Å². The van der Waals surface area contributed by atoms with Crippen molar-refractivity contribution in [1.29, 1.82) is 0 Å². The molecule has 1 aromatic rings. The predicted molar refractivity (Wildman–Crippen MR) is 90.6 cm³/mol. The fraction of sp³-hybridized carbons (Fsp3) is 0.556. The van der Waals surface area contributed by atoms with Gasteiger partial charge in [0.2, 0.25) is 11.8 Å². The van der Waals surface area contributed by atoms with Crippen LogP contribution < -0.4 is 15.0 Å². The van der Waals surface area contributed by atoms with Crippen LogP contribution in [0.5, 0.6) is 5.75 Å². The molecule has 2 atom stereocenters. The van der Waals surface area contributed by atoms with Crippen LogP contribution in [0.15, 0.2) is 24.3 Å². The number of carbonyl (C=O) groups is 2. The number of anilines is 1. The molecule has 2 unspecified atom stereocenters. The van der Waals surface area contributed by atoms with Gasteiger partial charge in [-0.3, -0.25) is 9.59 Å². The molecule has 1 heterocycles. The third-order valence-electron chi connectivity index (χ3n) is 4.07. The quantitative estimate of drug-likeness (QED) is 0.841. The molecular weight excluding hydrogens is 292 g/mol. The first kappa shape index (κ1) is 17.3. The number of amides is 2. The van der Waals surface area contributed by atoms with Gasteiger partial charge in [0, 0.05) is 24.7 Å². The maximum Gasteiger partial charge on any atom is 0.227 e. The van der Waals surface area contributed by atoms with Crippen LogP contribution in [0.2, 0.25) is 0 Å². The van der Waals surface area contributed by atoms with Crippen LogP contribution >= 0.6 is 0 Å². The van der Waals surface area contributed by atoms with Crippen LogP contribution in [-0.2, 0) is 9.59 Å². The summed E-state index contributed by atoms with van der Waals surface area (Å²) in [4.78, 5) is 26.2. The maximum absolute atomic E-state index is 12.3. The molecule has 0 aromatic heterocycles. The first-order chi connectivity index (χ1) is 11.0. The van der Waals surface area contributed by atoms with Gasteiger partial charge in [-0.1, -0.05) is 13.3 Å². The van der Waals surface area contributed by atoms with E-state index in [0.29, 0.717) is 13.2 Å². The van der Waals surface area contributed by atoms with Gasteiger partial charge < -0.3 is 15.0 Å². The number of carbonyl (C=O) groups excluding carboxylic acids is 2. The first-order valence-corrected chi connectivity index (χ1v) is 8.38. The number of nitrogens with one attached hydrogen (secondary N) is 1. The van der Waals surface area contributed by atoms with Crippen molar-refractivity contribution in [3.05, 3.63) is 24.3 Å². The lowest BCUT2D eigenvalue weighted by molar-refractivity contribution is -0.126. The zero-order valence-electron chi connectivity index (χ0n) is 14.2. The molecular formula is C18H26N2O3. The minimum atomic E-state index is -0.270. The Kier molecular flexibility index (Phi) is 6.02. The number of benzene rings is 1. The average molecular weight is 318 g/mol. The molecule has 2 rings (SSSR count). The van der Waals surface area contributed by atoms with E-state index in [9.17, 15) is 9.59 Å². The SMILES string of the molecule is CCCC(C)NC(=O)C1CC(=O)N(c2ccc(OCC)cc2)C1. The van der Waals surface area contributed by atoms with E-state index in [2.05, 4.69) is 12.2 Å². The fourth-order valence-electron chi connectivity index (χ4n) is 2.89. The predicted octanol–water partition coefficient (Wildman–Crippen LogP) is 2.74. The summed E-state index contributed by atoms with van der Waals surface area (Å²) in [5.41, 5.74) is 0.815. The number of nitrogens with zero attached hydrogens (tertiary/aromatic N) is 1. The molecule has 23 heavy (non-hydrogen) atoms. The highest BCUT2D eigenvalue weighted by atomic mass is 16.5. The third-order valence-corrected chi connectivity index (χ3v) is 4.07. The first-order valence-electron chi connectivity index (χ1n) is 8.38. The molecule has 1 aromatic carbocycles. The van der Waals surface area contributed by atoms with Gasteiger partial charge in [0.15, 0.2) is 0 Å². The fourth-order valence-corrected chi connectivity index (χ4v) is 2.89.